The first kappa shape index (κ1) is 25.2. The van der Waals surface area contributed by atoms with Crippen LogP contribution in [0, 0.1) is 0 Å². The van der Waals surface area contributed by atoms with Crippen molar-refractivity contribution in [2.75, 3.05) is 9.44 Å². The second-order valence-electron chi connectivity index (χ2n) is 8.25. The number of allylic oxidation sites excluding steroid dienone is 1. The number of rotatable bonds is 8. The number of hydrogen-bond acceptors (Lipinski definition) is 6. The molecule has 0 unspecified atom stereocenters. The van der Waals surface area contributed by atoms with Gasteiger partial charge in [-0.2, -0.15) is 0 Å². The van der Waals surface area contributed by atoms with E-state index in [1.165, 1.54) is 9.91 Å². The monoisotopic (exact) mass is 564 g/mol. The molecule has 2 aromatic rings. The summed E-state index contributed by atoms with van der Waals surface area (Å²) >= 11 is 2.22. The number of fused-ring (bicyclic) bond motifs is 1. The van der Waals surface area contributed by atoms with Crippen molar-refractivity contribution in [1.29, 1.82) is 0 Å². The Morgan fingerprint density at radius 1 is 1.21 bits per heavy atom. The van der Waals surface area contributed by atoms with Crippen LogP contribution in [0.25, 0.3) is 0 Å². The summed E-state index contributed by atoms with van der Waals surface area (Å²) in [6.45, 7) is 3.57. The lowest BCUT2D eigenvalue weighted by Gasteiger charge is -2.31. The first-order chi connectivity index (χ1) is 15.6. The summed E-state index contributed by atoms with van der Waals surface area (Å²) in [4.78, 5) is 27.0. The van der Waals surface area contributed by atoms with Gasteiger partial charge in [-0.1, -0.05) is 65.1 Å². The lowest BCUT2D eigenvalue weighted by atomic mass is 9.95. The third kappa shape index (κ3) is 5.72. The van der Waals surface area contributed by atoms with Gasteiger partial charge in [0.1, 0.15) is 0 Å². The summed E-state index contributed by atoms with van der Waals surface area (Å²) in [6.07, 6.45) is 1.80. The van der Waals surface area contributed by atoms with Crippen molar-refractivity contribution < 1.29 is 19.8 Å². The van der Waals surface area contributed by atoms with E-state index in [9.17, 15) is 19.8 Å². The number of halogens is 1. The molecule has 33 heavy (non-hydrogen) atoms. The van der Waals surface area contributed by atoms with E-state index >= 15 is 0 Å². The summed E-state index contributed by atoms with van der Waals surface area (Å²) in [5, 5.41) is 25.5. The summed E-state index contributed by atoms with van der Waals surface area (Å²) in [6, 6.07) is 14.4. The highest BCUT2D eigenvalue weighted by atomic mass is 127. The Morgan fingerprint density at radius 2 is 1.79 bits per heavy atom. The van der Waals surface area contributed by atoms with Crippen LogP contribution in [0.15, 0.2) is 60.8 Å². The van der Waals surface area contributed by atoms with Gasteiger partial charge in [-0.15, -0.1) is 0 Å². The van der Waals surface area contributed by atoms with Crippen molar-refractivity contribution in [2.24, 2.45) is 5.84 Å². The number of amides is 2. The minimum Gasteiger partial charge on any atom is -0.380 e. The molecule has 8 nitrogen and oxygen atoms in total. The molecule has 1 heterocycles. The van der Waals surface area contributed by atoms with Crippen molar-refractivity contribution in [2.45, 2.75) is 44.7 Å². The smallest absolute Gasteiger partial charge is 0.255 e. The van der Waals surface area contributed by atoms with Gasteiger partial charge in [-0.3, -0.25) is 14.6 Å². The standard InChI is InChI=1S/C24H29IN4O4/c1-16(17-8-10-20(11-9-17)29(26)13-5-12-25)27-23(32)24(2,33)21(30)22(31)28-14-18-6-3-4-7-19(18)15-28/h3-11,13,16,21,30,33H,12,14-15,26H2,1-2H3,(H,27,32)/b13-5-/t16-,21+,24-/m1/s1. The van der Waals surface area contributed by atoms with Crippen LogP contribution in [0.4, 0.5) is 5.69 Å². The minimum absolute atomic E-state index is 0.331. The van der Waals surface area contributed by atoms with Gasteiger partial charge in [0.25, 0.3) is 11.8 Å². The first-order valence-electron chi connectivity index (χ1n) is 10.6. The molecule has 0 bridgehead atoms. The molecule has 2 amide bonds. The van der Waals surface area contributed by atoms with Crippen molar-refractivity contribution in [3.63, 3.8) is 0 Å². The summed E-state index contributed by atoms with van der Waals surface area (Å²) in [5.74, 6) is 4.44. The van der Waals surface area contributed by atoms with Gasteiger partial charge in [0.15, 0.2) is 11.7 Å². The maximum Gasteiger partial charge on any atom is 0.255 e. The Bertz CT molecular complexity index is 1000. The van der Waals surface area contributed by atoms with Gasteiger partial charge in [0.2, 0.25) is 0 Å². The molecule has 0 fully saturated rings. The zero-order chi connectivity index (χ0) is 24.2. The fourth-order valence-electron chi connectivity index (χ4n) is 3.63. The molecule has 0 saturated heterocycles. The molecule has 1 aliphatic rings. The van der Waals surface area contributed by atoms with Gasteiger partial charge in [0.05, 0.1) is 11.7 Å². The van der Waals surface area contributed by atoms with Crippen LogP contribution in [-0.2, 0) is 22.7 Å². The highest BCUT2D eigenvalue weighted by molar-refractivity contribution is 14.1. The van der Waals surface area contributed by atoms with Crippen LogP contribution in [0.1, 0.15) is 36.6 Å². The highest BCUT2D eigenvalue weighted by Crippen LogP contribution is 2.25. The molecule has 3 atom stereocenters. The van der Waals surface area contributed by atoms with E-state index in [1.54, 1.807) is 13.1 Å². The number of nitrogens with two attached hydrogens (primary N) is 1. The third-order valence-corrected chi connectivity index (χ3v) is 6.28. The number of hydrogen-bond donors (Lipinski definition) is 4. The van der Waals surface area contributed by atoms with Crippen molar-refractivity contribution in [3.05, 3.63) is 77.5 Å². The van der Waals surface area contributed by atoms with Crippen LogP contribution in [0.5, 0.6) is 0 Å². The topological polar surface area (TPSA) is 119 Å². The number of aliphatic hydroxyl groups is 2. The lowest BCUT2D eigenvalue weighted by molar-refractivity contribution is -0.166. The highest BCUT2D eigenvalue weighted by Gasteiger charge is 2.45. The molecule has 0 aromatic heterocycles. The van der Waals surface area contributed by atoms with Crippen LogP contribution < -0.4 is 16.2 Å². The van der Waals surface area contributed by atoms with Crippen LogP contribution in [0.3, 0.4) is 0 Å². The summed E-state index contributed by atoms with van der Waals surface area (Å²) < 4.78 is 0.839. The fourth-order valence-corrected chi connectivity index (χ4v) is 3.85. The van der Waals surface area contributed by atoms with Crippen LogP contribution >= 0.6 is 22.6 Å². The maximum absolute atomic E-state index is 12.8. The van der Waals surface area contributed by atoms with E-state index in [0.29, 0.717) is 13.1 Å². The summed E-state index contributed by atoms with van der Waals surface area (Å²) in [5.41, 5.74) is 1.24. The number of carbonyl (C=O) groups is 2. The minimum atomic E-state index is -2.29. The Labute approximate surface area is 207 Å². The average Bonchev–Trinajstić information content (AvgIpc) is 3.25. The molecule has 1 aliphatic heterocycles. The fraction of sp³-hybridized carbons (Fsp3) is 0.333. The van der Waals surface area contributed by atoms with E-state index in [2.05, 4.69) is 27.9 Å². The molecule has 0 radical (unpaired) electrons. The van der Waals surface area contributed by atoms with E-state index in [4.69, 9.17) is 5.84 Å². The van der Waals surface area contributed by atoms with Gasteiger partial charge in [-0.25, -0.2) is 5.84 Å². The van der Waals surface area contributed by atoms with E-state index in [1.807, 2.05) is 54.6 Å². The van der Waals surface area contributed by atoms with E-state index in [-0.39, 0.29) is 0 Å². The largest absolute Gasteiger partial charge is 0.380 e. The third-order valence-electron chi connectivity index (χ3n) is 5.77. The molecular formula is C24H29IN4O4. The zero-order valence-electron chi connectivity index (χ0n) is 18.6. The molecule has 5 N–H and O–H groups in total. The molecule has 0 spiro atoms. The number of benzene rings is 2. The molecule has 176 valence electrons. The Kier molecular flexibility index (Phi) is 8.11. The molecular weight excluding hydrogens is 535 g/mol. The van der Waals surface area contributed by atoms with E-state index in [0.717, 1.165) is 33.7 Å². The lowest BCUT2D eigenvalue weighted by Crippen LogP contribution is -2.58. The van der Waals surface area contributed by atoms with Crippen LogP contribution in [-0.4, -0.2) is 43.1 Å². The number of hydrazine groups is 1. The number of anilines is 1. The van der Waals surface area contributed by atoms with Gasteiger partial charge >= 0.3 is 0 Å². The Hall–Kier alpha value is -2.47. The zero-order valence-corrected chi connectivity index (χ0v) is 20.8. The Balaban J connectivity index is 1.62. The number of alkyl halides is 1. The number of nitrogens with zero attached hydrogens (tertiary/aromatic N) is 2. The average molecular weight is 564 g/mol. The van der Waals surface area contributed by atoms with Crippen molar-refractivity contribution in [1.82, 2.24) is 10.2 Å². The van der Waals surface area contributed by atoms with Gasteiger partial charge in [0, 0.05) is 23.7 Å². The first-order valence-corrected chi connectivity index (χ1v) is 12.1. The predicted molar refractivity (Wildman–Crippen MR) is 135 cm³/mol. The molecule has 0 saturated carbocycles. The number of carbonyl (C=O) groups excluding carboxylic acids is 2. The predicted octanol–water partition coefficient (Wildman–Crippen LogP) is 2.15. The van der Waals surface area contributed by atoms with Gasteiger partial charge in [-0.05, 0) is 42.7 Å². The quantitative estimate of drug-likeness (QED) is 0.169. The molecule has 2 aromatic carbocycles. The molecule has 3 rings (SSSR count). The molecule has 0 aliphatic carbocycles. The normalized spacial score (nSPS) is 16.7. The second kappa shape index (κ2) is 10.6. The SMILES string of the molecule is C[C@@H](NC(=O)[C@](C)(O)[C@@H](O)C(=O)N1Cc2ccccc2C1)c1ccc(N(N)/C=C\CI)cc1. The summed E-state index contributed by atoms with van der Waals surface area (Å²) in [7, 11) is 0. The van der Waals surface area contributed by atoms with Crippen LogP contribution in [0.2, 0.25) is 0 Å². The Morgan fingerprint density at radius 3 is 2.33 bits per heavy atom. The van der Waals surface area contributed by atoms with E-state index < -0.39 is 29.6 Å². The second-order valence-corrected chi connectivity index (χ2v) is 9.13. The number of aliphatic hydroxyl groups excluding tert-OH is 1. The van der Waals surface area contributed by atoms with Gasteiger partial charge < -0.3 is 20.4 Å². The maximum atomic E-state index is 12.8. The van der Waals surface area contributed by atoms with Crippen molar-refractivity contribution in [3.8, 4) is 0 Å². The molecule has 9 heteroatoms. The van der Waals surface area contributed by atoms with Crippen molar-refractivity contribution >= 4 is 40.1 Å². The number of nitrogens with one attached hydrogen (secondary N) is 1.